The van der Waals surface area contributed by atoms with E-state index in [1.54, 1.807) is 0 Å². The molecule has 0 aromatic carbocycles. The second-order valence-corrected chi connectivity index (χ2v) is 4.97. The van der Waals surface area contributed by atoms with Gasteiger partial charge in [0.05, 0.1) is 6.04 Å². The molecule has 0 aromatic rings. The summed E-state index contributed by atoms with van der Waals surface area (Å²) in [6.07, 6.45) is 0.671. The van der Waals surface area contributed by atoms with E-state index in [9.17, 15) is 9.59 Å². The number of hydrogen-bond donors (Lipinski definition) is 3. The minimum Gasteiger partial charge on any atom is -0.354 e. The van der Waals surface area contributed by atoms with Crippen molar-refractivity contribution in [2.24, 2.45) is 17.6 Å². The molecule has 0 spiro atoms. The molecule has 0 aliphatic heterocycles. The fourth-order valence-electron chi connectivity index (χ4n) is 1.32. The Morgan fingerprint density at radius 1 is 1.00 bits per heavy atom. The van der Waals surface area contributed by atoms with Gasteiger partial charge in [-0.25, -0.2) is 0 Å². The maximum absolute atomic E-state index is 11.5. The van der Waals surface area contributed by atoms with Crippen LogP contribution in [0.4, 0.5) is 0 Å². The van der Waals surface area contributed by atoms with Crippen molar-refractivity contribution in [3.8, 4) is 0 Å². The van der Waals surface area contributed by atoms with Crippen LogP contribution < -0.4 is 16.4 Å². The van der Waals surface area contributed by atoms with Crippen molar-refractivity contribution >= 4 is 24.2 Å². The molecular weight excluding hydrogens is 254 g/mol. The van der Waals surface area contributed by atoms with Gasteiger partial charge >= 0.3 is 0 Å². The molecule has 0 unspecified atom stereocenters. The van der Waals surface area contributed by atoms with Crippen LogP contribution in [0.5, 0.6) is 0 Å². The van der Waals surface area contributed by atoms with Crippen molar-refractivity contribution in [2.75, 3.05) is 13.1 Å². The second kappa shape index (κ2) is 10.1. The van der Waals surface area contributed by atoms with Gasteiger partial charge in [0.15, 0.2) is 0 Å². The lowest BCUT2D eigenvalue weighted by Gasteiger charge is -2.14. The minimum absolute atomic E-state index is 0. The van der Waals surface area contributed by atoms with E-state index in [0.717, 1.165) is 0 Å². The fourth-order valence-corrected chi connectivity index (χ4v) is 1.32. The Kier molecular flexibility index (Phi) is 11.0. The molecule has 2 amide bonds. The van der Waals surface area contributed by atoms with Crippen LogP contribution in [-0.2, 0) is 9.59 Å². The smallest absolute Gasteiger partial charge is 0.236 e. The van der Waals surface area contributed by atoms with E-state index in [4.69, 9.17) is 5.73 Å². The van der Waals surface area contributed by atoms with Crippen molar-refractivity contribution in [1.29, 1.82) is 0 Å². The third-order valence-corrected chi connectivity index (χ3v) is 2.31. The average molecular weight is 280 g/mol. The van der Waals surface area contributed by atoms with Gasteiger partial charge in [-0.15, -0.1) is 12.4 Å². The average Bonchev–Trinajstić information content (AvgIpc) is 2.22. The summed E-state index contributed by atoms with van der Waals surface area (Å²) in [5, 5.41) is 5.43. The lowest BCUT2D eigenvalue weighted by Crippen LogP contribution is -2.44. The highest BCUT2D eigenvalue weighted by molar-refractivity contribution is 5.85. The molecule has 0 aromatic heterocycles. The third kappa shape index (κ3) is 9.24. The molecule has 0 rings (SSSR count). The molecule has 0 aliphatic carbocycles. The highest BCUT2D eigenvalue weighted by atomic mass is 35.5. The molecule has 0 radical (unpaired) electrons. The Balaban J connectivity index is 0. The van der Waals surface area contributed by atoms with Crippen LogP contribution in [0.1, 0.15) is 34.1 Å². The minimum atomic E-state index is -0.462. The summed E-state index contributed by atoms with van der Waals surface area (Å²) in [5.74, 6) is 0.202. The van der Waals surface area contributed by atoms with Gasteiger partial charge < -0.3 is 16.4 Å². The molecule has 6 heteroatoms. The van der Waals surface area contributed by atoms with Gasteiger partial charge in [-0.1, -0.05) is 27.7 Å². The molecule has 18 heavy (non-hydrogen) atoms. The van der Waals surface area contributed by atoms with E-state index < -0.39 is 6.04 Å². The number of halogens is 1. The summed E-state index contributed by atoms with van der Waals surface area (Å²) in [6.45, 7) is 8.56. The maximum atomic E-state index is 11.5. The highest BCUT2D eigenvalue weighted by Gasteiger charge is 2.14. The number of carbonyl (C=O) groups is 2. The van der Waals surface area contributed by atoms with E-state index in [2.05, 4.69) is 10.6 Å². The normalized spacial score (nSPS) is 11.9. The lowest BCUT2D eigenvalue weighted by atomic mass is 10.0. The van der Waals surface area contributed by atoms with Crippen molar-refractivity contribution in [1.82, 2.24) is 10.6 Å². The Morgan fingerprint density at radius 2 is 1.44 bits per heavy atom. The number of rotatable bonds is 7. The first-order valence-electron chi connectivity index (χ1n) is 6.15. The van der Waals surface area contributed by atoms with Gasteiger partial charge in [0, 0.05) is 19.0 Å². The topological polar surface area (TPSA) is 84.2 Å². The van der Waals surface area contributed by atoms with E-state index in [1.807, 2.05) is 27.7 Å². The SMILES string of the molecule is CC(C)C[C@H](N)C(=O)NCCNC(=O)C(C)C.Cl. The molecule has 4 N–H and O–H groups in total. The van der Waals surface area contributed by atoms with Crippen LogP contribution >= 0.6 is 12.4 Å². The van der Waals surface area contributed by atoms with Crippen LogP contribution in [0, 0.1) is 11.8 Å². The highest BCUT2D eigenvalue weighted by Crippen LogP contribution is 2.02. The number of nitrogens with two attached hydrogens (primary N) is 1. The van der Waals surface area contributed by atoms with Gasteiger partial charge in [0.1, 0.15) is 0 Å². The molecule has 1 atom stereocenters. The van der Waals surface area contributed by atoms with Crippen molar-refractivity contribution in [2.45, 2.75) is 40.2 Å². The molecule has 0 heterocycles. The van der Waals surface area contributed by atoms with Crippen LogP contribution in [0.2, 0.25) is 0 Å². The monoisotopic (exact) mass is 279 g/mol. The summed E-state index contributed by atoms with van der Waals surface area (Å²) in [6, 6.07) is -0.462. The maximum Gasteiger partial charge on any atom is 0.236 e. The van der Waals surface area contributed by atoms with E-state index >= 15 is 0 Å². The largest absolute Gasteiger partial charge is 0.354 e. The quantitative estimate of drug-likeness (QED) is 0.599. The number of amides is 2. The van der Waals surface area contributed by atoms with E-state index in [0.29, 0.717) is 25.4 Å². The number of nitrogens with one attached hydrogen (secondary N) is 2. The van der Waals surface area contributed by atoms with Crippen LogP contribution in [0.15, 0.2) is 0 Å². The zero-order valence-electron chi connectivity index (χ0n) is 11.7. The Morgan fingerprint density at radius 3 is 1.83 bits per heavy atom. The summed E-state index contributed by atoms with van der Waals surface area (Å²) in [5.41, 5.74) is 5.71. The third-order valence-electron chi connectivity index (χ3n) is 2.31. The first-order valence-corrected chi connectivity index (χ1v) is 6.15. The molecule has 0 bridgehead atoms. The van der Waals surface area contributed by atoms with Gasteiger partial charge in [0.25, 0.3) is 0 Å². The van der Waals surface area contributed by atoms with E-state index in [-0.39, 0.29) is 30.1 Å². The fraction of sp³-hybridized carbons (Fsp3) is 0.833. The molecule has 108 valence electrons. The molecule has 0 aliphatic rings. The first-order chi connectivity index (χ1) is 7.84. The predicted octanol–water partition coefficient (Wildman–Crippen LogP) is 0.670. The predicted molar refractivity (Wildman–Crippen MR) is 75.5 cm³/mol. The molecule has 0 fully saturated rings. The molecule has 0 saturated heterocycles. The summed E-state index contributed by atoms with van der Waals surface area (Å²) >= 11 is 0. The summed E-state index contributed by atoms with van der Waals surface area (Å²) < 4.78 is 0. The lowest BCUT2D eigenvalue weighted by molar-refractivity contribution is -0.125. The summed E-state index contributed by atoms with van der Waals surface area (Å²) in [7, 11) is 0. The zero-order valence-corrected chi connectivity index (χ0v) is 12.5. The van der Waals surface area contributed by atoms with Crippen LogP contribution in [0.25, 0.3) is 0 Å². The molecular formula is C12H26ClN3O2. The Bertz CT molecular complexity index is 258. The number of carbonyl (C=O) groups excluding carboxylic acids is 2. The van der Waals surface area contributed by atoms with Gasteiger partial charge in [-0.05, 0) is 12.3 Å². The Hall–Kier alpha value is -0.810. The zero-order chi connectivity index (χ0) is 13.4. The van der Waals surface area contributed by atoms with Gasteiger partial charge in [0.2, 0.25) is 11.8 Å². The van der Waals surface area contributed by atoms with Crippen molar-refractivity contribution in [3.05, 3.63) is 0 Å². The Labute approximate surface area is 116 Å². The summed E-state index contributed by atoms with van der Waals surface area (Å²) in [4.78, 5) is 22.7. The van der Waals surface area contributed by atoms with Gasteiger partial charge in [-0.3, -0.25) is 9.59 Å². The standard InChI is InChI=1S/C12H25N3O2.ClH/c1-8(2)7-10(13)12(17)15-6-5-14-11(16)9(3)4;/h8-10H,5-7,13H2,1-4H3,(H,14,16)(H,15,17);1H/t10-;/m0./s1. The van der Waals surface area contributed by atoms with Crippen LogP contribution in [0.3, 0.4) is 0 Å². The first kappa shape index (κ1) is 19.5. The number of hydrogen-bond acceptors (Lipinski definition) is 3. The molecule has 5 nitrogen and oxygen atoms in total. The molecule has 0 saturated carbocycles. The van der Waals surface area contributed by atoms with Crippen molar-refractivity contribution in [3.63, 3.8) is 0 Å². The second-order valence-electron chi connectivity index (χ2n) is 4.97. The van der Waals surface area contributed by atoms with Crippen molar-refractivity contribution < 1.29 is 9.59 Å². The van der Waals surface area contributed by atoms with Crippen LogP contribution in [-0.4, -0.2) is 30.9 Å². The van der Waals surface area contributed by atoms with Gasteiger partial charge in [-0.2, -0.15) is 0 Å². The van der Waals surface area contributed by atoms with E-state index in [1.165, 1.54) is 0 Å².